The lowest BCUT2D eigenvalue weighted by Crippen LogP contribution is -2.20. The highest BCUT2D eigenvalue weighted by Gasteiger charge is 2.38. The fourth-order valence-corrected chi connectivity index (χ4v) is 2.25. The monoisotopic (exact) mass is 303 g/mol. The minimum atomic E-state index is -0.827. The Morgan fingerprint density at radius 2 is 1.70 bits per heavy atom. The first-order valence-electron chi connectivity index (χ1n) is 6.78. The van der Waals surface area contributed by atoms with Gasteiger partial charge in [0.15, 0.2) is 11.3 Å². The van der Waals surface area contributed by atoms with Crippen LogP contribution in [0.2, 0.25) is 0 Å². The zero-order valence-electron chi connectivity index (χ0n) is 12.7. The fourth-order valence-electron chi connectivity index (χ4n) is 2.25. The van der Waals surface area contributed by atoms with Gasteiger partial charge in [0.05, 0.1) is 0 Å². The first-order chi connectivity index (χ1) is 10.9. The lowest BCUT2D eigenvalue weighted by atomic mass is 9.94. The van der Waals surface area contributed by atoms with Crippen molar-refractivity contribution in [2.75, 3.05) is 0 Å². The molecule has 0 aromatic heterocycles. The van der Waals surface area contributed by atoms with Crippen molar-refractivity contribution in [1.82, 2.24) is 0 Å². The van der Waals surface area contributed by atoms with Gasteiger partial charge in [-0.05, 0) is 31.5 Å². The summed E-state index contributed by atoms with van der Waals surface area (Å²) >= 11 is 0. The van der Waals surface area contributed by atoms with Crippen molar-refractivity contribution >= 4 is 6.08 Å². The van der Waals surface area contributed by atoms with Crippen LogP contribution in [0.1, 0.15) is 19.4 Å². The molecule has 5 heteroatoms. The molecule has 0 saturated heterocycles. The molecule has 0 aliphatic carbocycles. The van der Waals surface area contributed by atoms with Crippen LogP contribution in [0.25, 0.3) is 6.08 Å². The smallest absolute Gasteiger partial charge is 0.172 e. The van der Waals surface area contributed by atoms with Crippen molar-refractivity contribution in [2.45, 2.75) is 19.4 Å². The van der Waals surface area contributed by atoms with Crippen LogP contribution in [0.3, 0.4) is 0 Å². The molecule has 0 atom stereocenters. The zero-order valence-corrected chi connectivity index (χ0v) is 12.7. The van der Waals surface area contributed by atoms with Crippen molar-refractivity contribution in [2.24, 2.45) is 0 Å². The quantitative estimate of drug-likeness (QED) is 0.844. The average molecular weight is 303 g/mol. The van der Waals surface area contributed by atoms with Crippen LogP contribution in [0.15, 0.2) is 52.8 Å². The van der Waals surface area contributed by atoms with Gasteiger partial charge in [-0.1, -0.05) is 24.3 Å². The van der Waals surface area contributed by atoms with E-state index in [0.29, 0.717) is 5.57 Å². The molecule has 1 N–H and O–H groups in total. The summed E-state index contributed by atoms with van der Waals surface area (Å²) in [5, 5.41) is 36.7. The molecule has 1 aromatic rings. The minimum Gasteiger partial charge on any atom is -0.508 e. The lowest BCUT2D eigenvalue weighted by Gasteiger charge is -2.20. The Balaban J connectivity index is 2.53. The lowest BCUT2D eigenvalue weighted by molar-refractivity contribution is 0.0954. The summed E-state index contributed by atoms with van der Waals surface area (Å²) in [4.78, 5) is 0. The van der Waals surface area contributed by atoms with Gasteiger partial charge >= 0.3 is 0 Å². The summed E-state index contributed by atoms with van der Waals surface area (Å²) in [5.41, 5.74) is 0.561. The Morgan fingerprint density at radius 1 is 1.09 bits per heavy atom. The van der Waals surface area contributed by atoms with Gasteiger partial charge < -0.3 is 9.84 Å². The van der Waals surface area contributed by atoms with Gasteiger partial charge in [0.1, 0.15) is 35.1 Å². The predicted molar refractivity (Wildman–Crippen MR) is 83.2 cm³/mol. The van der Waals surface area contributed by atoms with E-state index in [4.69, 9.17) is 15.3 Å². The summed E-state index contributed by atoms with van der Waals surface area (Å²) in [5.74, 6) is 0.189. The number of benzene rings is 1. The Morgan fingerprint density at radius 3 is 2.22 bits per heavy atom. The largest absolute Gasteiger partial charge is 0.508 e. The number of ether oxygens (including phenoxy) is 1. The Labute approximate surface area is 134 Å². The van der Waals surface area contributed by atoms with E-state index >= 15 is 0 Å². The zero-order chi connectivity index (χ0) is 17.0. The molecule has 2 rings (SSSR count). The van der Waals surface area contributed by atoms with Crippen LogP contribution >= 0.6 is 0 Å². The van der Waals surface area contributed by atoms with Gasteiger partial charge in [-0.25, -0.2) is 0 Å². The van der Waals surface area contributed by atoms with E-state index < -0.39 is 5.60 Å². The van der Waals surface area contributed by atoms with E-state index in [-0.39, 0.29) is 22.7 Å². The van der Waals surface area contributed by atoms with Crippen molar-refractivity contribution in [3.05, 3.63) is 58.4 Å². The Hall–Kier alpha value is -3.49. The van der Waals surface area contributed by atoms with Crippen molar-refractivity contribution in [3.8, 4) is 24.0 Å². The summed E-state index contributed by atoms with van der Waals surface area (Å²) in [7, 11) is 0. The maximum absolute atomic E-state index is 9.40. The van der Waals surface area contributed by atoms with E-state index in [1.165, 1.54) is 0 Å². The van der Waals surface area contributed by atoms with Gasteiger partial charge in [-0.3, -0.25) is 0 Å². The summed E-state index contributed by atoms with van der Waals surface area (Å²) in [6, 6.07) is 12.1. The number of hydrogen-bond acceptors (Lipinski definition) is 5. The van der Waals surface area contributed by atoms with E-state index in [9.17, 15) is 10.4 Å². The number of nitrogens with zero attached hydrogens (tertiary/aromatic N) is 3. The maximum Gasteiger partial charge on any atom is 0.172 e. The van der Waals surface area contributed by atoms with Crippen molar-refractivity contribution in [3.63, 3.8) is 0 Å². The van der Waals surface area contributed by atoms with E-state index in [0.717, 1.165) is 5.56 Å². The highest BCUT2D eigenvalue weighted by molar-refractivity contribution is 5.64. The highest BCUT2D eigenvalue weighted by atomic mass is 16.5. The highest BCUT2D eigenvalue weighted by Crippen LogP contribution is 2.40. The molecule has 1 aliphatic heterocycles. The van der Waals surface area contributed by atoms with E-state index in [1.54, 1.807) is 62.4 Å². The molecule has 1 aliphatic rings. The summed E-state index contributed by atoms with van der Waals surface area (Å²) in [6.45, 7) is 3.53. The van der Waals surface area contributed by atoms with E-state index in [1.807, 2.05) is 6.07 Å². The van der Waals surface area contributed by atoms with Gasteiger partial charge in [0, 0.05) is 5.57 Å². The molecule has 0 fully saturated rings. The molecule has 0 amide bonds. The van der Waals surface area contributed by atoms with Gasteiger partial charge in [-0.2, -0.15) is 15.8 Å². The first kappa shape index (κ1) is 15.9. The predicted octanol–water partition coefficient (Wildman–Crippen LogP) is 3.34. The second kappa shape index (κ2) is 6.10. The number of phenolic OH excluding ortho intramolecular Hbond substituents is 1. The second-order valence-corrected chi connectivity index (χ2v) is 5.37. The number of phenols is 1. The Bertz CT molecular complexity index is 836. The topological polar surface area (TPSA) is 101 Å². The molecule has 5 nitrogen and oxygen atoms in total. The molecule has 0 saturated carbocycles. The van der Waals surface area contributed by atoms with Gasteiger partial charge in [-0.15, -0.1) is 0 Å². The van der Waals surface area contributed by atoms with Crippen LogP contribution < -0.4 is 0 Å². The van der Waals surface area contributed by atoms with Crippen LogP contribution in [0.5, 0.6) is 5.75 Å². The number of aromatic hydroxyl groups is 1. The summed E-state index contributed by atoms with van der Waals surface area (Å²) < 4.78 is 5.66. The fraction of sp³-hybridized carbons (Fsp3) is 0.167. The third-order valence-electron chi connectivity index (χ3n) is 3.40. The third-order valence-corrected chi connectivity index (χ3v) is 3.40. The molecule has 0 radical (unpaired) electrons. The third kappa shape index (κ3) is 3.07. The Kier molecular flexibility index (Phi) is 4.21. The van der Waals surface area contributed by atoms with E-state index in [2.05, 4.69) is 0 Å². The standard InChI is InChI=1S/C18H13N3O2/c1-18(2)16(8-5-12-3-6-14(22)7-4-12)15(11-21)17(23-18)13(9-19)10-20/h3-8,22H,1-2H3/b8-5+. The normalized spacial score (nSPS) is 15.7. The molecule has 112 valence electrons. The molecule has 1 aromatic carbocycles. The number of hydrogen-bond donors (Lipinski definition) is 1. The molecule has 0 unspecified atom stereocenters. The van der Waals surface area contributed by atoms with Gasteiger partial charge in [0.2, 0.25) is 0 Å². The molecular formula is C18H13N3O2. The van der Waals surface area contributed by atoms with Crippen molar-refractivity contribution in [1.29, 1.82) is 15.8 Å². The first-order valence-corrected chi connectivity index (χ1v) is 6.78. The number of rotatable bonds is 2. The average Bonchev–Trinajstić information content (AvgIpc) is 2.78. The SMILES string of the molecule is CC1(C)OC(=C(C#N)C#N)C(C#N)=C1/C=C/c1ccc(O)cc1. The molecule has 1 heterocycles. The molecule has 23 heavy (non-hydrogen) atoms. The van der Waals surface area contributed by atoms with Crippen LogP contribution in [0, 0.1) is 34.0 Å². The second-order valence-electron chi connectivity index (χ2n) is 5.37. The van der Waals surface area contributed by atoms with Crippen LogP contribution in [0.4, 0.5) is 0 Å². The number of allylic oxidation sites excluding steroid dienone is 2. The minimum absolute atomic E-state index is 0.0212. The maximum atomic E-state index is 9.40. The molecule has 0 spiro atoms. The van der Waals surface area contributed by atoms with Crippen LogP contribution in [-0.2, 0) is 4.74 Å². The molecule has 0 bridgehead atoms. The number of nitriles is 3. The summed E-state index contributed by atoms with van der Waals surface area (Å²) in [6.07, 6.45) is 3.50. The molecular weight excluding hydrogens is 290 g/mol. The van der Waals surface area contributed by atoms with Gasteiger partial charge in [0.25, 0.3) is 0 Å². The van der Waals surface area contributed by atoms with Crippen LogP contribution in [-0.4, -0.2) is 10.7 Å². The van der Waals surface area contributed by atoms with Crippen molar-refractivity contribution < 1.29 is 9.84 Å².